The van der Waals surface area contributed by atoms with E-state index in [9.17, 15) is 19.8 Å². The summed E-state index contributed by atoms with van der Waals surface area (Å²) in [6.07, 6.45) is 0. The molecule has 8 heteroatoms. The molecule has 0 heterocycles. The number of ketones is 2. The Bertz CT molecular complexity index is 969. The van der Waals surface area contributed by atoms with Crippen LogP contribution in [0.1, 0.15) is 59.5 Å². The quantitative estimate of drug-likeness (QED) is 0.312. The van der Waals surface area contributed by atoms with E-state index >= 15 is 0 Å². The SMILES string of the molecule is CNc1cc(SC(C)C)c(O)c2c1C(=O)c1c(NC)cc(SC(C)C)c(O)c1C2=O. The lowest BCUT2D eigenvalue weighted by atomic mass is 9.81. The molecule has 2 aromatic carbocycles. The first-order chi connectivity index (χ1) is 14.1. The second-order valence-electron chi connectivity index (χ2n) is 7.53. The van der Waals surface area contributed by atoms with E-state index in [-0.39, 0.29) is 44.3 Å². The van der Waals surface area contributed by atoms with Crippen LogP contribution < -0.4 is 10.6 Å². The first-order valence-electron chi connectivity index (χ1n) is 9.70. The first kappa shape index (κ1) is 22.4. The second kappa shape index (κ2) is 8.43. The maximum absolute atomic E-state index is 13.6. The van der Waals surface area contributed by atoms with Crippen molar-refractivity contribution < 1.29 is 19.8 Å². The highest BCUT2D eigenvalue weighted by atomic mass is 32.2. The first-order valence-corrected chi connectivity index (χ1v) is 11.5. The number of fused-ring (bicyclic) bond motifs is 2. The lowest BCUT2D eigenvalue weighted by molar-refractivity contribution is 0.0974. The number of anilines is 2. The zero-order valence-corrected chi connectivity index (χ0v) is 19.5. The monoisotopic (exact) mass is 446 g/mol. The average Bonchev–Trinajstić information content (AvgIpc) is 2.67. The van der Waals surface area contributed by atoms with Crippen LogP contribution in [0, 0.1) is 0 Å². The minimum absolute atomic E-state index is 0.0634. The molecule has 6 nitrogen and oxygen atoms in total. The molecule has 2 aromatic rings. The molecule has 0 saturated carbocycles. The summed E-state index contributed by atoms with van der Waals surface area (Å²) in [5, 5.41) is 28.1. The van der Waals surface area contributed by atoms with E-state index in [0.29, 0.717) is 21.2 Å². The molecule has 160 valence electrons. The summed E-state index contributed by atoms with van der Waals surface area (Å²) in [4.78, 5) is 28.1. The third kappa shape index (κ3) is 3.63. The van der Waals surface area contributed by atoms with Gasteiger partial charge in [0, 0.05) is 36.0 Å². The van der Waals surface area contributed by atoms with E-state index < -0.39 is 11.6 Å². The number of rotatable bonds is 6. The number of thioether (sulfide) groups is 2. The van der Waals surface area contributed by atoms with Crippen LogP contribution >= 0.6 is 23.5 Å². The topological polar surface area (TPSA) is 98.7 Å². The van der Waals surface area contributed by atoms with Gasteiger partial charge in [-0.25, -0.2) is 0 Å². The Morgan fingerprint density at radius 3 is 1.33 bits per heavy atom. The van der Waals surface area contributed by atoms with E-state index in [1.54, 1.807) is 26.2 Å². The van der Waals surface area contributed by atoms with Gasteiger partial charge in [0.2, 0.25) is 5.78 Å². The van der Waals surface area contributed by atoms with Gasteiger partial charge in [-0.15, -0.1) is 23.5 Å². The number of carbonyl (C=O) groups excluding carboxylic acids is 2. The van der Waals surface area contributed by atoms with Gasteiger partial charge < -0.3 is 20.8 Å². The number of carbonyl (C=O) groups is 2. The lowest BCUT2D eigenvalue weighted by Gasteiger charge is -2.26. The molecule has 0 saturated heterocycles. The van der Waals surface area contributed by atoms with Gasteiger partial charge in [-0.3, -0.25) is 9.59 Å². The molecular formula is C22H26N2O4S2. The van der Waals surface area contributed by atoms with E-state index in [2.05, 4.69) is 10.6 Å². The van der Waals surface area contributed by atoms with Gasteiger partial charge in [-0.2, -0.15) is 0 Å². The summed E-state index contributed by atoms with van der Waals surface area (Å²) in [6.45, 7) is 7.91. The average molecular weight is 447 g/mol. The summed E-state index contributed by atoms with van der Waals surface area (Å²) in [5.74, 6) is -1.42. The number of phenolic OH excluding ortho intramolecular Hbond substituents is 2. The Kier molecular flexibility index (Phi) is 6.29. The molecule has 0 amide bonds. The predicted molar refractivity (Wildman–Crippen MR) is 124 cm³/mol. The van der Waals surface area contributed by atoms with Crippen molar-refractivity contribution in [3.63, 3.8) is 0 Å². The Labute approximate surface area is 184 Å². The van der Waals surface area contributed by atoms with E-state index in [1.807, 2.05) is 27.7 Å². The van der Waals surface area contributed by atoms with Gasteiger partial charge in [-0.1, -0.05) is 27.7 Å². The number of hydrogen-bond acceptors (Lipinski definition) is 8. The number of aromatic hydroxyl groups is 2. The van der Waals surface area contributed by atoms with Crippen molar-refractivity contribution in [3.8, 4) is 11.5 Å². The Balaban J connectivity index is 2.36. The predicted octanol–water partition coefficient (Wildman–Crippen LogP) is 4.96. The number of benzene rings is 2. The van der Waals surface area contributed by atoms with E-state index in [4.69, 9.17) is 0 Å². The molecule has 1 aliphatic rings. The second-order valence-corrected chi connectivity index (χ2v) is 10.8. The normalized spacial score (nSPS) is 12.9. The molecule has 0 fully saturated rings. The van der Waals surface area contributed by atoms with Crippen molar-refractivity contribution in [1.29, 1.82) is 0 Å². The van der Waals surface area contributed by atoms with Crippen LogP contribution in [-0.2, 0) is 0 Å². The van der Waals surface area contributed by atoms with Gasteiger partial charge in [-0.05, 0) is 12.1 Å². The minimum atomic E-state index is -0.556. The van der Waals surface area contributed by atoms with Crippen LogP contribution in [0.25, 0.3) is 0 Å². The van der Waals surface area contributed by atoms with Crippen LogP contribution in [-0.4, -0.2) is 46.4 Å². The summed E-state index contributed by atoms with van der Waals surface area (Å²) in [7, 11) is 3.34. The van der Waals surface area contributed by atoms with Crippen LogP contribution in [0.15, 0.2) is 21.9 Å². The highest BCUT2D eigenvalue weighted by Crippen LogP contribution is 2.49. The molecule has 0 aromatic heterocycles. The fraction of sp³-hybridized carbons (Fsp3) is 0.364. The van der Waals surface area contributed by atoms with Gasteiger partial charge in [0.15, 0.2) is 5.78 Å². The third-order valence-electron chi connectivity index (χ3n) is 4.70. The van der Waals surface area contributed by atoms with Gasteiger partial charge in [0.25, 0.3) is 0 Å². The Morgan fingerprint density at radius 1 is 0.700 bits per heavy atom. The van der Waals surface area contributed by atoms with Crippen molar-refractivity contribution in [3.05, 3.63) is 34.4 Å². The van der Waals surface area contributed by atoms with Crippen molar-refractivity contribution >= 4 is 46.5 Å². The molecule has 0 aliphatic heterocycles. The highest BCUT2D eigenvalue weighted by Gasteiger charge is 2.40. The van der Waals surface area contributed by atoms with Crippen LogP contribution in [0.5, 0.6) is 11.5 Å². The molecule has 3 rings (SSSR count). The Morgan fingerprint density at radius 2 is 1.03 bits per heavy atom. The third-order valence-corrected chi connectivity index (χ3v) is 6.78. The minimum Gasteiger partial charge on any atom is -0.506 e. The van der Waals surface area contributed by atoms with Crippen molar-refractivity contribution in [2.75, 3.05) is 24.7 Å². The summed E-state index contributed by atoms with van der Waals surface area (Å²) >= 11 is 2.81. The molecule has 0 atom stereocenters. The van der Waals surface area contributed by atoms with Crippen LogP contribution in [0.3, 0.4) is 0 Å². The molecule has 4 N–H and O–H groups in total. The van der Waals surface area contributed by atoms with Gasteiger partial charge >= 0.3 is 0 Å². The summed E-state index contributed by atoms with van der Waals surface area (Å²) in [6, 6.07) is 3.38. The van der Waals surface area contributed by atoms with Gasteiger partial charge in [0.05, 0.1) is 32.0 Å². The number of phenols is 2. The summed E-state index contributed by atoms with van der Waals surface area (Å²) in [5.41, 5.74) is 1.06. The number of hydrogen-bond donors (Lipinski definition) is 4. The molecular weight excluding hydrogens is 420 g/mol. The van der Waals surface area contributed by atoms with E-state index in [1.165, 1.54) is 23.5 Å². The zero-order chi connectivity index (χ0) is 22.3. The summed E-state index contributed by atoms with van der Waals surface area (Å²) < 4.78 is 0. The number of nitrogens with one attached hydrogen (secondary N) is 2. The van der Waals surface area contributed by atoms with Crippen LogP contribution in [0.4, 0.5) is 11.4 Å². The highest BCUT2D eigenvalue weighted by molar-refractivity contribution is 8.00. The molecule has 0 radical (unpaired) electrons. The Hall–Kier alpha value is -2.32. The van der Waals surface area contributed by atoms with Crippen molar-refractivity contribution in [2.24, 2.45) is 0 Å². The molecule has 0 spiro atoms. The largest absolute Gasteiger partial charge is 0.506 e. The molecule has 0 unspecified atom stereocenters. The van der Waals surface area contributed by atoms with Gasteiger partial charge in [0.1, 0.15) is 11.5 Å². The lowest BCUT2D eigenvalue weighted by Crippen LogP contribution is -2.24. The zero-order valence-electron chi connectivity index (χ0n) is 17.8. The smallest absolute Gasteiger partial charge is 0.202 e. The molecule has 0 bridgehead atoms. The molecule has 30 heavy (non-hydrogen) atoms. The van der Waals surface area contributed by atoms with Crippen LogP contribution in [0.2, 0.25) is 0 Å². The standard InChI is InChI=1S/C22H26N2O4S2/c1-9(2)29-13-7-11(23-5)15-17(19(13)25)22(28)18-16(21(15)27)12(24-6)8-14(20(18)26)30-10(3)4/h7-10,23-26H,1-6H3. The van der Waals surface area contributed by atoms with Crippen molar-refractivity contribution in [1.82, 2.24) is 0 Å². The maximum atomic E-state index is 13.6. The van der Waals surface area contributed by atoms with E-state index in [0.717, 1.165) is 0 Å². The molecule has 1 aliphatic carbocycles. The van der Waals surface area contributed by atoms with Crippen molar-refractivity contribution in [2.45, 2.75) is 48.0 Å². The maximum Gasteiger partial charge on any atom is 0.202 e. The fourth-order valence-corrected chi connectivity index (χ4v) is 5.36. The fourth-order valence-electron chi connectivity index (χ4n) is 3.54.